The molecule has 186 valence electrons. The number of anilines is 1. The monoisotopic (exact) mass is 500 g/mol. The van der Waals surface area contributed by atoms with E-state index in [1.807, 2.05) is 73.7 Å². The molecule has 8 heteroatoms. The zero-order valence-corrected chi connectivity index (χ0v) is 20.9. The average molecular weight is 501 g/mol. The Hall–Kier alpha value is -5.11. The standard InChI is InChI=1S/C30H24N6O2/c1-19(35-29-28-25(33-18-34-29)12-7-13-32-28)26-15-20-8-6-11-24(21-14-23(38-2)17-31-16-21)27(20)30(37)36(26)22-9-4-3-5-10-22/h3-19H,1-2H3,(H,33,34,35). The van der Waals surface area contributed by atoms with Crippen molar-refractivity contribution in [3.05, 3.63) is 114 Å². The third-order valence-electron chi connectivity index (χ3n) is 6.54. The largest absolute Gasteiger partial charge is 0.495 e. The number of rotatable bonds is 6. The molecule has 0 radical (unpaired) electrons. The molecular formula is C30H24N6O2. The molecule has 1 N–H and O–H groups in total. The van der Waals surface area contributed by atoms with Crippen molar-refractivity contribution < 1.29 is 4.74 Å². The lowest BCUT2D eigenvalue weighted by molar-refractivity contribution is 0.413. The van der Waals surface area contributed by atoms with E-state index in [1.165, 1.54) is 6.33 Å². The molecule has 0 aliphatic rings. The normalized spacial score (nSPS) is 11.9. The minimum Gasteiger partial charge on any atom is -0.495 e. The number of para-hydroxylation sites is 1. The molecule has 4 aromatic heterocycles. The van der Waals surface area contributed by atoms with Crippen LogP contribution in [0.3, 0.4) is 0 Å². The highest BCUT2D eigenvalue weighted by atomic mass is 16.5. The Labute approximate surface area is 218 Å². The minimum atomic E-state index is -0.283. The summed E-state index contributed by atoms with van der Waals surface area (Å²) in [5, 5.41) is 4.90. The van der Waals surface area contributed by atoms with Crippen molar-refractivity contribution in [2.24, 2.45) is 0 Å². The highest BCUT2D eigenvalue weighted by Gasteiger charge is 2.20. The molecule has 4 heterocycles. The maximum absolute atomic E-state index is 14.3. The fourth-order valence-electron chi connectivity index (χ4n) is 4.74. The Bertz CT molecular complexity index is 1830. The lowest BCUT2D eigenvalue weighted by atomic mass is 9.98. The molecule has 0 aliphatic carbocycles. The number of benzene rings is 2. The fourth-order valence-corrected chi connectivity index (χ4v) is 4.74. The summed E-state index contributed by atoms with van der Waals surface area (Å²) < 4.78 is 7.14. The van der Waals surface area contributed by atoms with Crippen LogP contribution in [0.4, 0.5) is 5.82 Å². The van der Waals surface area contributed by atoms with Gasteiger partial charge in [0.25, 0.3) is 5.56 Å². The third kappa shape index (κ3) is 4.12. The molecule has 0 saturated carbocycles. The first-order chi connectivity index (χ1) is 18.6. The van der Waals surface area contributed by atoms with Gasteiger partial charge in [-0.1, -0.05) is 36.4 Å². The van der Waals surface area contributed by atoms with Crippen LogP contribution in [-0.4, -0.2) is 31.6 Å². The van der Waals surface area contributed by atoms with E-state index in [0.717, 1.165) is 33.4 Å². The molecule has 6 rings (SSSR count). The summed E-state index contributed by atoms with van der Waals surface area (Å²) in [7, 11) is 1.60. The lowest BCUT2D eigenvalue weighted by Crippen LogP contribution is -2.26. The van der Waals surface area contributed by atoms with Crippen molar-refractivity contribution in [1.82, 2.24) is 24.5 Å². The second-order valence-corrected chi connectivity index (χ2v) is 8.89. The second kappa shape index (κ2) is 9.74. The van der Waals surface area contributed by atoms with Crippen LogP contribution < -0.4 is 15.6 Å². The molecule has 6 aromatic rings. The molecule has 1 atom stereocenters. The van der Waals surface area contributed by atoms with Crippen molar-refractivity contribution in [1.29, 1.82) is 0 Å². The maximum atomic E-state index is 14.3. The molecular weight excluding hydrogens is 476 g/mol. The fraction of sp³-hybridized carbons (Fsp3) is 0.100. The number of aromatic nitrogens is 5. The number of nitrogens with one attached hydrogen (secondary N) is 1. The number of fused-ring (bicyclic) bond motifs is 2. The predicted molar refractivity (Wildman–Crippen MR) is 149 cm³/mol. The summed E-state index contributed by atoms with van der Waals surface area (Å²) in [5.74, 6) is 1.23. The van der Waals surface area contributed by atoms with Crippen LogP contribution in [0.25, 0.3) is 38.6 Å². The van der Waals surface area contributed by atoms with Crippen LogP contribution in [0.15, 0.2) is 103 Å². The van der Waals surface area contributed by atoms with Gasteiger partial charge >= 0.3 is 0 Å². The second-order valence-electron chi connectivity index (χ2n) is 8.89. The van der Waals surface area contributed by atoms with Crippen LogP contribution in [0.1, 0.15) is 18.7 Å². The van der Waals surface area contributed by atoms with Crippen molar-refractivity contribution >= 4 is 27.6 Å². The molecule has 8 nitrogen and oxygen atoms in total. The number of hydrogen-bond acceptors (Lipinski definition) is 7. The van der Waals surface area contributed by atoms with E-state index in [1.54, 1.807) is 30.3 Å². The molecule has 0 fully saturated rings. The molecule has 0 bridgehead atoms. The zero-order chi connectivity index (χ0) is 26.1. The Balaban J connectivity index is 1.56. The Morgan fingerprint density at radius 3 is 2.63 bits per heavy atom. The van der Waals surface area contributed by atoms with E-state index in [2.05, 4.69) is 31.3 Å². The first-order valence-electron chi connectivity index (χ1n) is 12.2. The van der Waals surface area contributed by atoms with Gasteiger partial charge in [-0.25, -0.2) is 9.97 Å². The number of ether oxygens (including phenoxy) is 1. The van der Waals surface area contributed by atoms with Crippen LogP contribution >= 0.6 is 0 Å². The van der Waals surface area contributed by atoms with Gasteiger partial charge in [0.15, 0.2) is 5.82 Å². The van der Waals surface area contributed by atoms with Gasteiger partial charge in [0.05, 0.1) is 30.3 Å². The van der Waals surface area contributed by atoms with E-state index < -0.39 is 0 Å². The average Bonchev–Trinajstić information content (AvgIpc) is 2.97. The van der Waals surface area contributed by atoms with Crippen molar-refractivity contribution in [2.45, 2.75) is 13.0 Å². The molecule has 38 heavy (non-hydrogen) atoms. The first kappa shape index (κ1) is 23.3. The number of hydrogen-bond donors (Lipinski definition) is 1. The first-order valence-corrected chi connectivity index (χ1v) is 12.2. The molecule has 2 aromatic carbocycles. The van der Waals surface area contributed by atoms with Crippen LogP contribution in [0.2, 0.25) is 0 Å². The molecule has 0 aliphatic heterocycles. The van der Waals surface area contributed by atoms with Gasteiger partial charge in [0.1, 0.15) is 17.6 Å². The van der Waals surface area contributed by atoms with Gasteiger partial charge in [0, 0.05) is 29.3 Å². The van der Waals surface area contributed by atoms with E-state index in [-0.39, 0.29) is 11.6 Å². The highest BCUT2D eigenvalue weighted by molar-refractivity contribution is 5.96. The van der Waals surface area contributed by atoms with Crippen LogP contribution in [0, 0.1) is 0 Å². The van der Waals surface area contributed by atoms with Gasteiger partial charge in [-0.2, -0.15) is 0 Å². The summed E-state index contributed by atoms with van der Waals surface area (Å²) >= 11 is 0. The van der Waals surface area contributed by atoms with Gasteiger partial charge in [-0.3, -0.25) is 19.3 Å². The molecule has 0 saturated heterocycles. The topological polar surface area (TPSA) is 94.8 Å². The number of nitrogens with zero attached hydrogens (tertiary/aromatic N) is 5. The Kier molecular flexibility index (Phi) is 5.97. The van der Waals surface area contributed by atoms with E-state index >= 15 is 0 Å². The quantitative estimate of drug-likeness (QED) is 0.319. The molecule has 1 unspecified atom stereocenters. The summed E-state index contributed by atoms with van der Waals surface area (Å²) in [6, 6.07) is 22.9. The number of methoxy groups -OCH3 is 1. The Morgan fingerprint density at radius 2 is 1.79 bits per heavy atom. The summed E-state index contributed by atoms with van der Waals surface area (Å²) in [5.41, 5.74) is 4.45. The van der Waals surface area contributed by atoms with Gasteiger partial charge in [0.2, 0.25) is 0 Å². The Morgan fingerprint density at radius 1 is 0.921 bits per heavy atom. The molecule has 0 amide bonds. The van der Waals surface area contributed by atoms with E-state index in [9.17, 15) is 4.79 Å². The van der Waals surface area contributed by atoms with Crippen LogP contribution in [-0.2, 0) is 0 Å². The van der Waals surface area contributed by atoms with Gasteiger partial charge < -0.3 is 10.1 Å². The van der Waals surface area contributed by atoms with E-state index in [4.69, 9.17) is 4.74 Å². The van der Waals surface area contributed by atoms with Crippen LogP contribution in [0.5, 0.6) is 5.75 Å². The van der Waals surface area contributed by atoms with Crippen molar-refractivity contribution in [2.75, 3.05) is 12.4 Å². The smallest absolute Gasteiger partial charge is 0.263 e. The summed E-state index contributed by atoms with van der Waals surface area (Å²) in [6.45, 7) is 2.01. The summed E-state index contributed by atoms with van der Waals surface area (Å²) in [4.78, 5) is 31.8. The van der Waals surface area contributed by atoms with Gasteiger partial charge in [-0.05, 0) is 54.3 Å². The van der Waals surface area contributed by atoms with Crippen molar-refractivity contribution in [3.63, 3.8) is 0 Å². The molecule has 0 spiro atoms. The third-order valence-corrected chi connectivity index (χ3v) is 6.54. The van der Waals surface area contributed by atoms with Crippen molar-refractivity contribution in [3.8, 4) is 22.6 Å². The SMILES string of the molecule is COc1cncc(-c2cccc3cc(C(C)Nc4ncnc5cccnc45)n(-c4ccccc4)c(=O)c23)c1. The zero-order valence-electron chi connectivity index (χ0n) is 20.9. The number of pyridine rings is 3. The highest BCUT2D eigenvalue weighted by Crippen LogP contribution is 2.31. The predicted octanol–water partition coefficient (Wildman–Crippen LogP) is 5.57. The minimum absolute atomic E-state index is 0.124. The van der Waals surface area contributed by atoms with E-state index in [0.29, 0.717) is 22.5 Å². The van der Waals surface area contributed by atoms with Gasteiger partial charge in [-0.15, -0.1) is 0 Å². The lowest BCUT2D eigenvalue weighted by Gasteiger charge is -2.22. The maximum Gasteiger partial charge on any atom is 0.263 e. The summed E-state index contributed by atoms with van der Waals surface area (Å²) in [6.07, 6.45) is 6.62.